The van der Waals surface area contributed by atoms with Crippen molar-refractivity contribution in [3.05, 3.63) is 17.8 Å². The molecule has 0 amide bonds. The minimum absolute atomic E-state index is 0.0149. The molecular formula is C11H14FN3O2. The Morgan fingerprint density at radius 3 is 2.88 bits per heavy atom. The van der Waals surface area contributed by atoms with E-state index in [1.807, 2.05) is 0 Å². The molecule has 17 heavy (non-hydrogen) atoms. The zero-order valence-corrected chi connectivity index (χ0v) is 9.56. The van der Waals surface area contributed by atoms with Gasteiger partial charge in [0.05, 0.1) is 12.1 Å². The van der Waals surface area contributed by atoms with Crippen molar-refractivity contribution in [1.82, 2.24) is 9.97 Å². The number of anilines is 1. The number of aliphatic carboxylic acids is 1. The van der Waals surface area contributed by atoms with Gasteiger partial charge < -0.3 is 10.0 Å². The van der Waals surface area contributed by atoms with Crippen molar-refractivity contribution >= 4 is 11.8 Å². The second kappa shape index (κ2) is 4.65. The third-order valence-electron chi connectivity index (χ3n) is 2.77. The van der Waals surface area contributed by atoms with Gasteiger partial charge in [-0.3, -0.25) is 4.79 Å². The van der Waals surface area contributed by atoms with Crippen LogP contribution in [0.15, 0.2) is 6.33 Å². The predicted octanol–water partition coefficient (Wildman–Crippen LogP) is 1.37. The molecular weight excluding hydrogens is 225 g/mol. The molecule has 0 bridgehead atoms. The second-order valence-corrected chi connectivity index (χ2v) is 4.16. The maximum Gasteiger partial charge on any atom is 0.305 e. The fourth-order valence-electron chi connectivity index (χ4n) is 1.71. The quantitative estimate of drug-likeness (QED) is 0.840. The van der Waals surface area contributed by atoms with E-state index in [0.717, 1.165) is 12.8 Å². The smallest absolute Gasteiger partial charge is 0.305 e. The van der Waals surface area contributed by atoms with Crippen molar-refractivity contribution in [2.45, 2.75) is 32.2 Å². The van der Waals surface area contributed by atoms with Crippen LogP contribution in [0.5, 0.6) is 0 Å². The minimum atomic E-state index is -0.887. The van der Waals surface area contributed by atoms with Gasteiger partial charge in [-0.2, -0.15) is 0 Å². The molecule has 1 fully saturated rings. The van der Waals surface area contributed by atoms with E-state index >= 15 is 0 Å². The number of aromatic nitrogens is 2. The van der Waals surface area contributed by atoms with Gasteiger partial charge in [0.1, 0.15) is 6.33 Å². The third kappa shape index (κ3) is 2.69. The standard InChI is InChI=1S/C11H14FN3O2/c1-7-10(12)11(14-6-13-7)15(8-2-3-8)5-4-9(16)17/h6,8H,2-5H2,1H3,(H,16,17). The third-order valence-corrected chi connectivity index (χ3v) is 2.77. The molecule has 0 saturated heterocycles. The van der Waals surface area contributed by atoms with Crippen LogP contribution in [0.25, 0.3) is 0 Å². The van der Waals surface area contributed by atoms with E-state index in [-0.39, 0.29) is 30.5 Å². The normalized spacial score (nSPS) is 14.7. The summed E-state index contributed by atoms with van der Waals surface area (Å²) in [5.41, 5.74) is 0.288. The molecule has 1 saturated carbocycles. The molecule has 0 unspecified atom stereocenters. The lowest BCUT2D eigenvalue weighted by Crippen LogP contribution is -2.30. The van der Waals surface area contributed by atoms with Crippen LogP contribution in [0.2, 0.25) is 0 Å². The van der Waals surface area contributed by atoms with Gasteiger partial charge in [-0.25, -0.2) is 14.4 Å². The van der Waals surface area contributed by atoms with Gasteiger partial charge in [-0.1, -0.05) is 0 Å². The number of nitrogens with zero attached hydrogens (tertiary/aromatic N) is 3. The summed E-state index contributed by atoms with van der Waals surface area (Å²) < 4.78 is 13.9. The molecule has 0 aromatic carbocycles. The van der Waals surface area contributed by atoms with Gasteiger partial charge in [0, 0.05) is 12.6 Å². The highest BCUT2D eigenvalue weighted by Crippen LogP contribution is 2.32. The number of hydrogen-bond donors (Lipinski definition) is 1. The topological polar surface area (TPSA) is 66.3 Å². The van der Waals surface area contributed by atoms with Gasteiger partial charge in [0.2, 0.25) is 0 Å². The zero-order valence-electron chi connectivity index (χ0n) is 9.56. The molecule has 6 heteroatoms. The molecule has 1 aliphatic carbocycles. The maximum absolute atomic E-state index is 13.9. The first-order chi connectivity index (χ1) is 8.09. The molecule has 1 aromatic heterocycles. The van der Waals surface area contributed by atoms with Crippen molar-refractivity contribution < 1.29 is 14.3 Å². The average Bonchev–Trinajstić information content (AvgIpc) is 3.08. The van der Waals surface area contributed by atoms with Crippen molar-refractivity contribution in [3.63, 3.8) is 0 Å². The SMILES string of the molecule is Cc1ncnc(N(CCC(=O)O)C2CC2)c1F. The summed E-state index contributed by atoms with van der Waals surface area (Å²) in [6, 6.07) is 0.221. The van der Waals surface area contributed by atoms with Gasteiger partial charge in [0.25, 0.3) is 0 Å². The number of aryl methyl sites for hydroxylation is 1. The van der Waals surface area contributed by atoms with Crippen molar-refractivity contribution in [1.29, 1.82) is 0 Å². The zero-order chi connectivity index (χ0) is 12.4. The number of rotatable bonds is 5. The summed E-state index contributed by atoms with van der Waals surface area (Å²) in [5, 5.41) is 8.68. The van der Waals surface area contributed by atoms with Crippen LogP contribution in [0.4, 0.5) is 10.2 Å². The molecule has 5 nitrogen and oxygen atoms in total. The Kier molecular flexibility index (Phi) is 3.21. The summed E-state index contributed by atoms with van der Waals surface area (Å²) in [6.07, 6.45) is 3.22. The number of carboxylic acids is 1. The number of halogens is 1. The van der Waals surface area contributed by atoms with Crippen LogP contribution in [0.1, 0.15) is 25.0 Å². The van der Waals surface area contributed by atoms with E-state index in [0.29, 0.717) is 0 Å². The van der Waals surface area contributed by atoms with Crippen LogP contribution in [0, 0.1) is 12.7 Å². The Hall–Kier alpha value is -1.72. The highest BCUT2D eigenvalue weighted by molar-refractivity contribution is 5.67. The first kappa shape index (κ1) is 11.8. The summed E-state index contributed by atoms with van der Waals surface area (Å²) in [7, 11) is 0. The fraction of sp³-hybridized carbons (Fsp3) is 0.545. The van der Waals surface area contributed by atoms with Crippen LogP contribution in [0.3, 0.4) is 0 Å². The molecule has 0 radical (unpaired) electrons. The molecule has 92 valence electrons. The molecule has 0 atom stereocenters. The van der Waals surface area contributed by atoms with Gasteiger partial charge >= 0.3 is 5.97 Å². The first-order valence-corrected chi connectivity index (χ1v) is 5.55. The Morgan fingerprint density at radius 2 is 2.29 bits per heavy atom. The summed E-state index contributed by atoms with van der Waals surface area (Å²) in [5.74, 6) is -1.12. The Labute approximate surface area is 98.3 Å². The Balaban J connectivity index is 2.20. The number of carboxylic acid groups (broad SMARTS) is 1. The molecule has 0 spiro atoms. The average molecular weight is 239 g/mol. The Morgan fingerprint density at radius 1 is 1.59 bits per heavy atom. The highest BCUT2D eigenvalue weighted by Gasteiger charge is 2.32. The van der Waals surface area contributed by atoms with Gasteiger partial charge in [-0.15, -0.1) is 0 Å². The van der Waals surface area contributed by atoms with E-state index in [9.17, 15) is 9.18 Å². The first-order valence-electron chi connectivity index (χ1n) is 5.55. The molecule has 1 aromatic rings. The van der Waals surface area contributed by atoms with Crippen LogP contribution in [-0.2, 0) is 4.79 Å². The molecule has 0 aliphatic heterocycles. The largest absolute Gasteiger partial charge is 0.481 e. The fourth-order valence-corrected chi connectivity index (χ4v) is 1.71. The molecule has 1 N–H and O–H groups in total. The van der Waals surface area contributed by atoms with Crippen LogP contribution < -0.4 is 4.90 Å². The van der Waals surface area contributed by atoms with E-state index in [2.05, 4.69) is 9.97 Å². The van der Waals surface area contributed by atoms with Crippen LogP contribution >= 0.6 is 0 Å². The maximum atomic E-state index is 13.9. The lowest BCUT2D eigenvalue weighted by Gasteiger charge is -2.23. The Bertz CT molecular complexity index is 435. The van der Waals surface area contributed by atoms with E-state index < -0.39 is 11.8 Å². The molecule has 1 heterocycles. The van der Waals surface area contributed by atoms with E-state index in [4.69, 9.17) is 5.11 Å². The second-order valence-electron chi connectivity index (χ2n) is 4.16. The van der Waals surface area contributed by atoms with E-state index in [1.54, 1.807) is 11.8 Å². The number of carbonyl (C=O) groups is 1. The minimum Gasteiger partial charge on any atom is -0.481 e. The van der Waals surface area contributed by atoms with Gasteiger partial charge in [-0.05, 0) is 19.8 Å². The highest BCUT2D eigenvalue weighted by atomic mass is 19.1. The lowest BCUT2D eigenvalue weighted by molar-refractivity contribution is -0.136. The predicted molar refractivity (Wildman–Crippen MR) is 59.3 cm³/mol. The summed E-state index contributed by atoms with van der Waals surface area (Å²) >= 11 is 0. The van der Waals surface area contributed by atoms with Crippen molar-refractivity contribution in [2.24, 2.45) is 0 Å². The van der Waals surface area contributed by atoms with Crippen LogP contribution in [-0.4, -0.2) is 33.6 Å². The van der Waals surface area contributed by atoms with Crippen molar-refractivity contribution in [2.75, 3.05) is 11.4 Å². The van der Waals surface area contributed by atoms with E-state index in [1.165, 1.54) is 6.33 Å². The molecule has 1 aliphatic rings. The monoisotopic (exact) mass is 239 g/mol. The summed E-state index contributed by atoms with van der Waals surface area (Å²) in [4.78, 5) is 20.0. The van der Waals surface area contributed by atoms with Crippen molar-refractivity contribution in [3.8, 4) is 0 Å². The lowest BCUT2D eigenvalue weighted by atomic mass is 10.3. The summed E-state index contributed by atoms with van der Waals surface area (Å²) in [6.45, 7) is 1.86. The number of hydrogen-bond acceptors (Lipinski definition) is 4. The molecule has 2 rings (SSSR count). The van der Waals surface area contributed by atoms with Gasteiger partial charge in [0.15, 0.2) is 11.6 Å².